The van der Waals surface area contributed by atoms with E-state index in [1.54, 1.807) is 0 Å². The minimum absolute atomic E-state index is 0.723. The molecule has 55 heavy (non-hydrogen) atoms. The molecule has 3 aromatic heterocycles. The third-order valence-electron chi connectivity index (χ3n) is 10.7. The van der Waals surface area contributed by atoms with E-state index in [9.17, 15) is 0 Å². The number of rotatable bonds is 5. The van der Waals surface area contributed by atoms with E-state index in [0.29, 0.717) is 0 Å². The number of para-hydroxylation sites is 3. The summed E-state index contributed by atoms with van der Waals surface area (Å²) in [5.41, 5.74) is 13.1. The lowest BCUT2D eigenvalue weighted by molar-refractivity contribution is 0.669. The van der Waals surface area contributed by atoms with E-state index in [4.69, 9.17) is 19.4 Å². The number of furan rings is 1. The lowest BCUT2D eigenvalue weighted by Gasteiger charge is -2.16. The molecule has 11 aromatic rings. The maximum Gasteiger partial charge on any atom is 0.160 e. The van der Waals surface area contributed by atoms with Gasteiger partial charge in [-0.25, -0.2) is 15.0 Å². The van der Waals surface area contributed by atoms with Crippen LogP contribution in [0, 0.1) is 0 Å². The van der Waals surface area contributed by atoms with E-state index in [1.165, 1.54) is 10.9 Å². The van der Waals surface area contributed by atoms with E-state index in [2.05, 4.69) is 152 Å². The van der Waals surface area contributed by atoms with Gasteiger partial charge >= 0.3 is 0 Å². The summed E-state index contributed by atoms with van der Waals surface area (Å²) < 4.78 is 6.56. The van der Waals surface area contributed by atoms with Gasteiger partial charge in [0, 0.05) is 54.6 Å². The van der Waals surface area contributed by atoms with Crippen molar-refractivity contribution >= 4 is 54.5 Å². The molecule has 0 atom stereocenters. The number of nitrogens with zero attached hydrogens (tertiary/aromatic N) is 3. The molecule has 0 N–H and O–H groups in total. The lowest BCUT2D eigenvalue weighted by Crippen LogP contribution is -1.95. The largest absolute Gasteiger partial charge is 0.456 e. The van der Waals surface area contributed by atoms with Crippen LogP contribution in [0.3, 0.4) is 0 Å². The Morgan fingerprint density at radius 2 is 0.818 bits per heavy atom. The van der Waals surface area contributed by atoms with Gasteiger partial charge in [-0.05, 0) is 41.0 Å². The molecule has 3 heterocycles. The zero-order valence-corrected chi connectivity index (χ0v) is 29.6. The first-order valence-electron chi connectivity index (χ1n) is 18.5. The SMILES string of the molecule is c1ccc(-c2nc(-c3ccc(-c4ccc(-c5nc6ccccc6c6c(-c7ccccc7)c7c(cc56)oc5ccccc57)cc4)cc3)c3ccccc3n2)cc1. The standard InChI is InChI=1S/C51H31N3O/c1-3-13-34(14-4-1)46-47-38-17-7-10-20-42(38)52-50(41(47)31-45-48(46)40-19-9-12-22-44(40)55-45)36-29-25-33(26-30-36)32-23-27-35(28-24-32)49-39-18-8-11-21-43(39)53-51(54-49)37-15-5-2-6-16-37/h1-31H. The third kappa shape index (κ3) is 5.19. The highest BCUT2D eigenvalue weighted by Crippen LogP contribution is 2.46. The van der Waals surface area contributed by atoms with Crippen LogP contribution >= 0.6 is 0 Å². The van der Waals surface area contributed by atoms with E-state index < -0.39 is 0 Å². The van der Waals surface area contributed by atoms with Gasteiger partial charge in [-0.1, -0.05) is 164 Å². The highest BCUT2D eigenvalue weighted by Gasteiger charge is 2.21. The van der Waals surface area contributed by atoms with E-state index >= 15 is 0 Å². The fourth-order valence-electron chi connectivity index (χ4n) is 8.08. The third-order valence-corrected chi connectivity index (χ3v) is 10.7. The number of benzene rings is 8. The van der Waals surface area contributed by atoms with Gasteiger partial charge in [0.15, 0.2) is 5.82 Å². The first-order chi connectivity index (χ1) is 27.3. The van der Waals surface area contributed by atoms with Crippen molar-refractivity contribution in [1.29, 1.82) is 0 Å². The number of fused-ring (bicyclic) bond motifs is 7. The van der Waals surface area contributed by atoms with Crippen molar-refractivity contribution < 1.29 is 4.42 Å². The molecular formula is C51H31N3O. The van der Waals surface area contributed by atoms with Gasteiger partial charge in [-0.15, -0.1) is 0 Å². The number of pyridine rings is 1. The van der Waals surface area contributed by atoms with E-state index in [1.807, 2.05) is 36.4 Å². The maximum absolute atomic E-state index is 6.56. The van der Waals surface area contributed by atoms with Gasteiger partial charge in [-0.2, -0.15) is 0 Å². The molecule has 0 aliphatic rings. The van der Waals surface area contributed by atoms with Crippen molar-refractivity contribution in [3.63, 3.8) is 0 Å². The number of aromatic nitrogens is 3. The molecule has 0 radical (unpaired) electrons. The van der Waals surface area contributed by atoms with Gasteiger partial charge in [0.1, 0.15) is 11.2 Å². The minimum Gasteiger partial charge on any atom is -0.456 e. The van der Waals surface area contributed by atoms with Gasteiger partial charge < -0.3 is 4.42 Å². The van der Waals surface area contributed by atoms with Crippen LogP contribution in [0.25, 0.3) is 111 Å². The summed E-state index contributed by atoms with van der Waals surface area (Å²) in [6.07, 6.45) is 0. The van der Waals surface area contributed by atoms with Gasteiger partial charge in [-0.3, -0.25) is 0 Å². The van der Waals surface area contributed by atoms with Crippen LogP contribution in [0.2, 0.25) is 0 Å². The molecule has 8 aromatic carbocycles. The highest BCUT2D eigenvalue weighted by atomic mass is 16.3. The van der Waals surface area contributed by atoms with Crippen molar-refractivity contribution in [1.82, 2.24) is 15.0 Å². The molecule has 0 amide bonds. The quantitative estimate of drug-likeness (QED) is 0.168. The summed E-state index contributed by atoms with van der Waals surface area (Å²) in [5, 5.41) is 6.63. The highest BCUT2D eigenvalue weighted by molar-refractivity contribution is 6.27. The Hall–Kier alpha value is -7.43. The van der Waals surface area contributed by atoms with Crippen LogP contribution in [0.5, 0.6) is 0 Å². The zero-order chi connectivity index (χ0) is 36.3. The maximum atomic E-state index is 6.56. The second-order valence-corrected chi connectivity index (χ2v) is 13.9. The first-order valence-corrected chi connectivity index (χ1v) is 18.5. The monoisotopic (exact) mass is 701 g/mol. The van der Waals surface area contributed by atoms with Crippen LogP contribution in [0.4, 0.5) is 0 Å². The Morgan fingerprint density at radius 1 is 0.309 bits per heavy atom. The Bertz CT molecular complexity index is 3220. The molecule has 4 heteroatoms. The first kappa shape index (κ1) is 31.1. The molecule has 0 aliphatic carbocycles. The van der Waals surface area contributed by atoms with Crippen molar-refractivity contribution in [3.05, 3.63) is 188 Å². The normalized spacial score (nSPS) is 11.6. The molecule has 0 spiro atoms. The van der Waals surface area contributed by atoms with E-state index in [0.717, 1.165) is 99.7 Å². The van der Waals surface area contributed by atoms with Crippen LogP contribution < -0.4 is 0 Å². The van der Waals surface area contributed by atoms with Crippen molar-refractivity contribution in [2.75, 3.05) is 0 Å². The average molecular weight is 702 g/mol. The Morgan fingerprint density at radius 3 is 1.49 bits per heavy atom. The van der Waals surface area contributed by atoms with Gasteiger partial charge in [0.2, 0.25) is 0 Å². The van der Waals surface area contributed by atoms with Gasteiger partial charge in [0.05, 0.1) is 22.4 Å². The van der Waals surface area contributed by atoms with Crippen LogP contribution in [-0.4, -0.2) is 15.0 Å². The molecule has 0 bridgehead atoms. The Kier molecular flexibility index (Phi) is 7.14. The fraction of sp³-hybridized carbons (Fsp3) is 0. The fourth-order valence-corrected chi connectivity index (χ4v) is 8.08. The summed E-state index contributed by atoms with van der Waals surface area (Å²) in [4.78, 5) is 15.3. The number of hydrogen-bond acceptors (Lipinski definition) is 4. The Labute approximate surface area is 317 Å². The zero-order valence-electron chi connectivity index (χ0n) is 29.6. The molecule has 11 rings (SSSR count). The predicted octanol–water partition coefficient (Wildman–Crippen LogP) is 13.6. The van der Waals surface area contributed by atoms with Crippen LogP contribution in [-0.2, 0) is 0 Å². The molecule has 4 nitrogen and oxygen atoms in total. The van der Waals surface area contributed by atoms with Crippen molar-refractivity contribution in [3.8, 4) is 56.2 Å². The van der Waals surface area contributed by atoms with Gasteiger partial charge in [0.25, 0.3) is 0 Å². The summed E-state index contributed by atoms with van der Waals surface area (Å²) in [7, 11) is 0. The van der Waals surface area contributed by atoms with Crippen LogP contribution in [0.15, 0.2) is 192 Å². The number of hydrogen-bond donors (Lipinski definition) is 0. The topological polar surface area (TPSA) is 51.8 Å². The molecule has 0 saturated carbocycles. The Balaban J connectivity index is 1.04. The second-order valence-electron chi connectivity index (χ2n) is 13.9. The summed E-state index contributed by atoms with van der Waals surface area (Å²) >= 11 is 0. The van der Waals surface area contributed by atoms with Crippen molar-refractivity contribution in [2.24, 2.45) is 0 Å². The molecule has 0 fully saturated rings. The van der Waals surface area contributed by atoms with Crippen molar-refractivity contribution in [2.45, 2.75) is 0 Å². The molecular weight excluding hydrogens is 671 g/mol. The minimum atomic E-state index is 0.723. The summed E-state index contributed by atoms with van der Waals surface area (Å²) in [6.45, 7) is 0. The lowest BCUT2D eigenvalue weighted by atomic mass is 9.89. The molecule has 256 valence electrons. The second kappa shape index (κ2) is 12.6. The molecule has 0 unspecified atom stereocenters. The molecule has 0 saturated heterocycles. The summed E-state index contributed by atoms with van der Waals surface area (Å²) in [5.74, 6) is 0.723. The summed E-state index contributed by atoms with van der Waals surface area (Å²) in [6, 6.07) is 65.5. The average Bonchev–Trinajstić information content (AvgIpc) is 3.64. The van der Waals surface area contributed by atoms with Crippen LogP contribution in [0.1, 0.15) is 0 Å². The van der Waals surface area contributed by atoms with E-state index in [-0.39, 0.29) is 0 Å². The smallest absolute Gasteiger partial charge is 0.160 e. The molecule has 0 aliphatic heterocycles. The predicted molar refractivity (Wildman–Crippen MR) is 227 cm³/mol.